The summed E-state index contributed by atoms with van der Waals surface area (Å²) in [5.74, 6) is 1.04. The second-order valence-electron chi connectivity index (χ2n) is 4.99. The van der Waals surface area contributed by atoms with Crippen LogP contribution in [0.5, 0.6) is 5.75 Å². The third-order valence-corrected chi connectivity index (χ3v) is 4.11. The monoisotopic (exact) mass is 311 g/mol. The van der Waals surface area contributed by atoms with E-state index in [1.807, 2.05) is 7.05 Å². The third kappa shape index (κ3) is 3.27. The van der Waals surface area contributed by atoms with Gasteiger partial charge in [-0.1, -0.05) is 41.8 Å². The summed E-state index contributed by atoms with van der Waals surface area (Å²) in [5.41, 5.74) is 1.28. The number of hydrogen-bond donors (Lipinski definition) is 1. The summed E-state index contributed by atoms with van der Waals surface area (Å²) in [6.45, 7) is 2.24. The lowest BCUT2D eigenvalue weighted by Crippen LogP contribution is -2.31. The van der Waals surface area contributed by atoms with Crippen molar-refractivity contribution in [3.05, 3.63) is 28.2 Å². The first-order valence-corrected chi connectivity index (χ1v) is 7.67. The Bertz CT molecular complexity index is 394. The molecule has 100 valence electrons. The quantitative estimate of drug-likeness (QED) is 0.812. The molecule has 1 aliphatic rings. The van der Waals surface area contributed by atoms with Crippen molar-refractivity contribution in [2.24, 2.45) is 0 Å². The van der Waals surface area contributed by atoms with Gasteiger partial charge in [-0.25, -0.2) is 0 Å². The van der Waals surface area contributed by atoms with Crippen LogP contribution in [0.15, 0.2) is 22.7 Å². The van der Waals surface area contributed by atoms with Crippen molar-refractivity contribution in [3.63, 3.8) is 0 Å². The fourth-order valence-corrected chi connectivity index (χ4v) is 2.93. The highest BCUT2D eigenvalue weighted by atomic mass is 79.9. The van der Waals surface area contributed by atoms with Crippen molar-refractivity contribution >= 4 is 15.9 Å². The van der Waals surface area contributed by atoms with Crippen LogP contribution in [0.2, 0.25) is 0 Å². The first-order chi connectivity index (χ1) is 8.74. The van der Waals surface area contributed by atoms with E-state index in [-0.39, 0.29) is 0 Å². The van der Waals surface area contributed by atoms with E-state index in [1.165, 1.54) is 24.8 Å². The smallest absolute Gasteiger partial charge is 0.125 e. The van der Waals surface area contributed by atoms with E-state index in [0.717, 1.165) is 23.1 Å². The first-order valence-electron chi connectivity index (χ1n) is 6.88. The summed E-state index contributed by atoms with van der Waals surface area (Å²) < 4.78 is 7.21. The highest BCUT2D eigenvalue weighted by Crippen LogP contribution is 2.37. The first kappa shape index (κ1) is 13.9. The van der Waals surface area contributed by atoms with Gasteiger partial charge in [0.2, 0.25) is 0 Å². The van der Waals surface area contributed by atoms with E-state index in [9.17, 15) is 0 Å². The standard InChI is InChI=1S/C15H22BrNO/c1-3-4-5-6-12-10-14(17-2)13-8-7-11(16)9-15(13)18-12/h7-9,12,14,17H,3-6,10H2,1-2H3. The molecule has 0 spiro atoms. The van der Waals surface area contributed by atoms with Gasteiger partial charge >= 0.3 is 0 Å². The lowest BCUT2D eigenvalue weighted by Gasteiger charge is -2.32. The van der Waals surface area contributed by atoms with Gasteiger partial charge in [-0.2, -0.15) is 0 Å². The fourth-order valence-electron chi connectivity index (χ4n) is 2.59. The van der Waals surface area contributed by atoms with Crippen LogP contribution in [0, 0.1) is 0 Å². The number of ether oxygens (including phenoxy) is 1. The molecule has 2 unspecified atom stereocenters. The van der Waals surface area contributed by atoms with Crippen molar-refractivity contribution in [3.8, 4) is 5.75 Å². The van der Waals surface area contributed by atoms with Gasteiger partial charge in [-0.15, -0.1) is 0 Å². The van der Waals surface area contributed by atoms with Crippen LogP contribution >= 0.6 is 15.9 Å². The Labute approximate surface area is 118 Å². The fraction of sp³-hybridized carbons (Fsp3) is 0.600. The van der Waals surface area contributed by atoms with Gasteiger partial charge in [-0.3, -0.25) is 0 Å². The molecule has 0 saturated carbocycles. The molecule has 1 aromatic rings. The maximum Gasteiger partial charge on any atom is 0.125 e. The lowest BCUT2D eigenvalue weighted by atomic mass is 9.94. The van der Waals surface area contributed by atoms with Crippen LogP contribution in [0.1, 0.15) is 50.6 Å². The summed E-state index contributed by atoms with van der Waals surface area (Å²) in [4.78, 5) is 0. The predicted molar refractivity (Wildman–Crippen MR) is 79.1 cm³/mol. The molecule has 1 aromatic carbocycles. The normalized spacial score (nSPS) is 22.4. The van der Waals surface area contributed by atoms with Gasteiger partial charge in [0.25, 0.3) is 0 Å². The summed E-state index contributed by atoms with van der Waals surface area (Å²) in [6.07, 6.45) is 6.43. The van der Waals surface area contributed by atoms with Crippen LogP contribution in [0.3, 0.4) is 0 Å². The highest BCUT2D eigenvalue weighted by molar-refractivity contribution is 9.10. The van der Waals surface area contributed by atoms with E-state index in [4.69, 9.17) is 4.74 Å². The Balaban J connectivity index is 2.08. The van der Waals surface area contributed by atoms with Gasteiger partial charge in [-0.05, 0) is 32.0 Å². The van der Waals surface area contributed by atoms with E-state index in [2.05, 4.69) is 46.4 Å². The molecule has 18 heavy (non-hydrogen) atoms. The zero-order valence-electron chi connectivity index (χ0n) is 11.2. The van der Waals surface area contributed by atoms with Crippen LogP contribution in [0.25, 0.3) is 0 Å². The molecule has 0 fully saturated rings. The SMILES string of the molecule is CCCCCC1CC(NC)c2ccc(Br)cc2O1. The molecular formula is C15H22BrNO. The third-order valence-electron chi connectivity index (χ3n) is 3.62. The zero-order chi connectivity index (χ0) is 13.0. The molecule has 0 radical (unpaired) electrons. The number of fused-ring (bicyclic) bond motifs is 1. The van der Waals surface area contributed by atoms with Gasteiger partial charge < -0.3 is 10.1 Å². The van der Waals surface area contributed by atoms with Crippen molar-refractivity contribution in [1.29, 1.82) is 0 Å². The molecule has 0 bridgehead atoms. The Morgan fingerprint density at radius 1 is 1.39 bits per heavy atom. The maximum atomic E-state index is 6.12. The average Bonchev–Trinajstić information content (AvgIpc) is 2.37. The molecule has 0 amide bonds. The van der Waals surface area contributed by atoms with E-state index < -0.39 is 0 Å². The molecule has 2 rings (SSSR count). The van der Waals surface area contributed by atoms with Crippen molar-refractivity contribution in [1.82, 2.24) is 5.32 Å². The van der Waals surface area contributed by atoms with Crippen molar-refractivity contribution in [2.45, 2.75) is 51.2 Å². The zero-order valence-corrected chi connectivity index (χ0v) is 12.8. The van der Waals surface area contributed by atoms with Gasteiger partial charge in [0.05, 0.1) is 0 Å². The topological polar surface area (TPSA) is 21.3 Å². The number of rotatable bonds is 5. The predicted octanol–water partition coefficient (Wildman–Crippen LogP) is 4.44. The van der Waals surface area contributed by atoms with Crippen LogP contribution < -0.4 is 10.1 Å². The Kier molecular flexibility index (Phi) is 5.07. The molecule has 0 aliphatic carbocycles. The minimum absolute atomic E-state index is 0.357. The second-order valence-corrected chi connectivity index (χ2v) is 5.91. The summed E-state index contributed by atoms with van der Waals surface area (Å²) >= 11 is 3.52. The minimum Gasteiger partial charge on any atom is -0.490 e. The highest BCUT2D eigenvalue weighted by Gasteiger charge is 2.26. The second kappa shape index (κ2) is 6.58. The number of nitrogens with one attached hydrogen (secondary N) is 1. The number of hydrogen-bond acceptors (Lipinski definition) is 2. The summed E-state index contributed by atoms with van der Waals surface area (Å²) in [7, 11) is 2.03. The van der Waals surface area contributed by atoms with E-state index in [1.54, 1.807) is 0 Å². The van der Waals surface area contributed by atoms with Crippen LogP contribution in [0.4, 0.5) is 0 Å². The van der Waals surface area contributed by atoms with Gasteiger partial charge in [0, 0.05) is 22.5 Å². The molecule has 2 nitrogen and oxygen atoms in total. The molecule has 1 heterocycles. The Morgan fingerprint density at radius 2 is 2.22 bits per heavy atom. The Hall–Kier alpha value is -0.540. The van der Waals surface area contributed by atoms with Crippen molar-refractivity contribution < 1.29 is 4.74 Å². The van der Waals surface area contributed by atoms with Crippen molar-refractivity contribution in [2.75, 3.05) is 7.05 Å². The van der Waals surface area contributed by atoms with Crippen LogP contribution in [-0.2, 0) is 0 Å². The number of unbranched alkanes of at least 4 members (excludes halogenated alkanes) is 2. The molecule has 1 N–H and O–H groups in total. The van der Waals surface area contributed by atoms with Crippen LogP contribution in [-0.4, -0.2) is 13.2 Å². The van der Waals surface area contributed by atoms with E-state index in [0.29, 0.717) is 12.1 Å². The molecule has 0 aromatic heterocycles. The average molecular weight is 312 g/mol. The van der Waals surface area contributed by atoms with Gasteiger partial charge in [0.1, 0.15) is 11.9 Å². The molecule has 2 atom stereocenters. The molecule has 3 heteroatoms. The molecule has 1 aliphatic heterocycles. The number of benzene rings is 1. The maximum absolute atomic E-state index is 6.12. The minimum atomic E-state index is 0.357. The van der Waals surface area contributed by atoms with E-state index >= 15 is 0 Å². The van der Waals surface area contributed by atoms with Gasteiger partial charge in [0.15, 0.2) is 0 Å². The Morgan fingerprint density at radius 3 is 2.94 bits per heavy atom. The largest absolute Gasteiger partial charge is 0.490 e. The molecular weight excluding hydrogens is 290 g/mol. The lowest BCUT2D eigenvalue weighted by molar-refractivity contribution is 0.140. The summed E-state index contributed by atoms with van der Waals surface area (Å²) in [5, 5.41) is 3.40. The summed E-state index contributed by atoms with van der Waals surface area (Å²) in [6, 6.07) is 6.76. The molecule has 0 saturated heterocycles. The number of halogens is 1.